The maximum Gasteiger partial charge on any atom is 0.215 e. The molecule has 0 saturated carbocycles. The van der Waals surface area contributed by atoms with E-state index in [0.717, 1.165) is 0 Å². The molecule has 1 aromatic rings. The smallest absolute Gasteiger partial charge is 0.215 e. The Hall–Kier alpha value is -1.23. The highest BCUT2D eigenvalue weighted by atomic mass is 32.2. The van der Waals surface area contributed by atoms with Crippen molar-refractivity contribution in [1.29, 1.82) is 5.26 Å². The first-order valence-corrected chi connectivity index (χ1v) is 8.93. The van der Waals surface area contributed by atoms with E-state index in [4.69, 9.17) is 5.26 Å². The second-order valence-corrected chi connectivity index (χ2v) is 7.53. The normalized spacial score (nSPS) is 12.8. The molecule has 1 aromatic carbocycles. The van der Waals surface area contributed by atoms with Crippen LogP contribution >= 0.6 is 0 Å². The summed E-state index contributed by atoms with van der Waals surface area (Å²) in [7, 11) is -4.50. The summed E-state index contributed by atoms with van der Waals surface area (Å²) in [6, 6.07) is 8.53. The molecule has 1 unspecified atom stereocenters. The number of rotatable bonds is 7. The number of sulfonamides is 1. The Labute approximate surface area is 116 Å². The summed E-state index contributed by atoms with van der Waals surface area (Å²) in [5.74, 6) is 0.574. The lowest BCUT2D eigenvalue weighted by molar-refractivity contribution is 0.583. The third-order valence-electron chi connectivity index (χ3n) is 2.46. The van der Waals surface area contributed by atoms with Crippen molar-refractivity contribution < 1.29 is 12.6 Å². The van der Waals surface area contributed by atoms with Crippen molar-refractivity contribution in [3.05, 3.63) is 35.4 Å². The molecule has 5 nitrogen and oxygen atoms in total. The molecule has 0 aliphatic heterocycles. The fraction of sp³-hybridized carbons (Fsp3) is 0.417. The summed E-state index contributed by atoms with van der Waals surface area (Å²) in [4.78, 5) is 0. The summed E-state index contributed by atoms with van der Waals surface area (Å²) < 4.78 is 37.2. The molecular formula is C12H16N2O3S2. The van der Waals surface area contributed by atoms with Gasteiger partial charge in [0.25, 0.3) is 0 Å². The van der Waals surface area contributed by atoms with Crippen molar-refractivity contribution in [3.63, 3.8) is 0 Å². The minimum Gasteiger partial charge on any atom is -0.260 e. The molecular weight excluding hydrogens is 284 g/mol. The van der Waals surface area contributed by atoms with Crippen molar-refractivity contribution in [2.24, 2.45) is 0 Å². The molecule has 0 radical (unpaired) electrons. The number of hydrogen-bond acceptors (Lipinski definition) is 4. The van der Waals surface area contributed by atoms with E-state index in [-0.39, 0.29) is 12.3 Å². The van der Waals surface area contributed by atoms with Gasteiger partial charge in [-0.25, -0.2) is 13.1 Å². The molecule has 19 heavy (non-hydrogen) atoms. The monoisotopic (exact) mass is 300 g/mol. The van der Waals surface area contributed by atoms with Gasteiger partial charge in [-0.1, -0.05) is 25.1 Å². The zero-order chi connectivity index (χ0) is 14.3. The van der Waals surface area contributed by atoms with Gasteiger partial charge in [-0.3, -0.25) is 4.21 Å². The molecule has 7 heteroatoms. The van der Waals surface area contributed by atoms with Gasteiger partial charge >= 0.3 is 0 Å². The molecule has 0 amide bonds. The topological polar surface area (TPSA) is 87.0 Å². The van der Waals surface area contributed by atoms with Crippen LogP contribution in [0.25, 0.3) is 0 Å². The van der Waals surface area contributed by atoms with E-state index in [9.17, 15) is 12.6 Å². The van der Waals surface area contributed by atoms with Gasteiger partial charge in [-0.05, 0) is 11.6 Å². The van der Waals surface area contributed by atoms with Crippen LogP contribution in [0.4, 0.5) is 0 Å². The number of nitriles is 1. The molecule has 1 rings (SSSR count). The highest BCUT2D eigenvalue weighted by Gasteiger charge is 2.13. The first-order valence-electron chi connectivity index (χ1n) is 5.79. The molecule has 0 bridgehead atoms. The van der Waals surface area contributed by atoms with Crippen LogP contribution in [-0.4, -0.2) is 30.7 Å². The summed E-state index contributed by atoms with van der Waals surface area (Å²) in [6.45, 7) is 1.94. The molecule has 0 aliphatic rings. The molecule has 0 fully saturated rings. The lowest BCUT2D eigenvalue weighted by Gasteiger charge is -2.07. The fourth-order valence-corrected chi connectivity index (χ4v) is 3.39. The van der Waals surface area contributed by atoms with Gasteiger partial charge in [-0.15, -0.1) is 0 Å². The van der Waals surface area contributed by atoms with E-state index >= 15 is 0 Å². The van der Waals surface area contributed by atoms with E-state index < -0.39 is 20.8 Å². The van der Waals surface area contributed by atoms with E-state index in [1.807, 2.05) is 6.07 Å². The van der Waals surface area contributed by atoms with Crippen molar-refractivity contribution >= 4 is 20.8 Å². The third-order valence-corrected chi connectivity index (χ3v) is 5.10. The summed E-state index contributed by atoms with van der Waals surface area (Å²) in [5, 5.41) is 8.89. The van der Waals surface area contributed by atoms with Crippen LogP contribution in [0.5, 0.6) is 0 Å². The molecule has 0 spiro atoms. The number of nitrogens with zero attached hydrogens (tertiary/aromatic N) is 1. The van der Waals surface area contributed by atoms with Crippen LogP contribution in [0, 0.1) is 11.3 Å². The lowest BCUT2D eigenvalue weighted by Crippen LogP contribution is -2.29. The Morgan fingerprint density at radius 1 is 1.37 bits per heavy atom. The van der Waals surface area contributed by atoms with Crippen LogP contribution in [0.1, 0.15) is 18.1 Å². The van der Waals surface area contributed by atoms with Crippen molar-refractivity contribution in [2.45, 2.75) is 12.7 Å². The Balaban J connectivity index is 2.65. The van der Waals surface area contributed by atoms with Crippen molar-refractivity contribution in [1.82, 2.24) is 4.72 Å². The Bertz CT molecular complexity index is 591. The average Bonchev–Trinajstić information content (AvgIpc) is 2.38. The van der Waals surface area contributed by atoms with Crippen LogP contribution in [0.2, 0.25) is 0 Å². The second-order valence-electron chi connectivity index (χ2n) is 3.85. The van der Waals surface area contributed by atoms with Crippen LogP contribution in [-0.2, 0) is 26.6 Å². The minimum atomic E-state index is -3.51. The van der Waals surface area contributed by atoms with Gasteiger partial charge < -0.3 is 0 Å². The standard InChI is InChI=1S/C12H16N2O3S2/c1-2-18(15)8-7-14-19(16,17)10-12-6-4-3-5-11(12)9-13/h3-6,14H,2,7-8,10H2,1H3. The maximum absolute atomic E-state index is 11.8. The van der Waals surface area contributed by atoms with Gasteiger partial charge in [0.2, 0.25) is 10.0 Å². The van der Waals surface area contributed by atoms with Crippen LogP contribution < -0.4 is 4.72 Å². The predicted molar refractivity (Wildman–Crippen MR) is 75.3 cm³/mol. The molecule has 0 aliphatic carbocycles. The largest absolute Gasteiger partial charge is 0.260 e. The first-order chi connectivity index (χ1) is 8.98. The second kappa shape index (κ2) is 7.38. The average molecular weight is 300 g/mol. The number of nitrogens with one attached hydrogen (secondary N) is 1. The number of hydrogen-bond donors (Lipinski definition) is 1. The van der Waals surface area contributed by atoms with E-state index in [1.54, 1.807) is 31.2 Å². The summed E-state index contributed by atoms with van der Waals surface area (Å²) >= 11 is 0. The zero-order valence-electron chi connectivity index (χ0n) is 10.6. The first kappa shape index (κ1) is 15.8. The van der Waals surface area contributed by atoms with Crippen LogP contribution in [0.15, 0.2) is 24.3 Å². The Morgan fingerprint density at radius 2 is 2.05 bits per heavy atom. The van der Waals surface area contributed by atoms with E-state index in [1.165, 1.54) is 0 Å². The van der Waals surface area contributed by atoms with E-state index in [2.05, 4.69) is 4.72 Å². The van der Waals surface area contributed by atoms with Crippen molar-refractivity contribution in [3.8, 4) is 6.07 Å². The highest BCUT2D eigenvalue weighted by molar-refractivity contribution is 7.88. The van der Waals surface area contributed by atoms with Crippen molar-refractivity contribution in [2.75, 3.05) is 18.1 Å². The molecule has 1 atom stereocenters. The Morgan fingerprint density at radius 3 is 2.68 bits per heavy atom. The van der Waals surface area contributed by atoms with Crippen LogP contribution in [0.3, 0.4) is 0 Å². The highest BCUT2D eigenvalue weighted by Crippen LogP contribution is 2.10. The molecule has 0 aromatic heterocycles. The van der Waals surface area contributed by atoms with Gasteiger partial charge in [0, 0.05) is 28.9 Å². The molecule has 0 saturated heterocycles. The maximum atomic E-state index is 11.8. The van der Waals surface area contributed by atoms with Gasteiger partial charge in [0.15, 0.2) is 0 Å². The molecule has 104 valence electrons. The predicted octanol–water partition coefficient (Wildman–Crippen LogP) is 0.746. The number of benzene rings is 1. The summed E-state index contributed by atoms with van der Waals surface area (Å²) in [5.41, 5.74) is 0.819. The fourth-order valence-electron chi connectivity index (χ4n) is 1.47. The summed E-state index contributed by atoms with van der Waals surface area (Å²) in [6.07, 6.45) is 0. The SMILES string of the molecule is CCS(=O)CCNS(=O)(=O)Cc1ccccc1C#N. The Kier molecular flexibility index (Phi) is 6.15. The van der Waals surface area contributed by atoms with Gasteiger partial charge in [0.05, 0.1) is 17.4 Å². The quantitative estimate of drug-likeness (QED) is 0.805. The third kappa shape index (κ3) is 5.51. The van der Waals surface area contributed by atoms with E-state index in [0.29, 0.717) is 22.6 Å². The molecule has 0 heterocycles. The zero-order valence-corrected chi connectivity index (χ0v) is 12.3. The lowest BCUT2D eigenvalue weighted by atomic mass is 10.1. The van der Waals surface area contributed by atoms with Gasteiger partial charge in [-0.2, -0.15) is 5.26 Å². The minimum absolute atomic E-state index is 0.150. The van der Waals surface area contributed by atoms with Gasteiger partial charge in [0.1, 0.15) is 0 Å². The molecule has 1 N–H and O–H groups in total.